The monoisotopic (exact) mass is 301 g/mol. The van der Waals surface area contributed by atoms with Crippen LogP contribution in [0.5, 0.6) is 0 Å². The fraction of sp³-hybridized carbons (Fsp3) is 0.500. The Morgan fingerprint density at radius 2 is 2.11 bits per heavy atom. The van der Waals surface area contributed by atoms with Crippen LogP contribution >= 0.6 is 11.3 Å². The summed E-state index contributed by atoms with van der Waals surface area (Å²) < 4.78 is 23.9. The van der Waals surface area contributed by atoms with Crippen molar-refractivity contribution in [2.45, 2.75) is 31.4 Å². The van der Waals surface area contributed by atoms with Crippen LogP contribution in [0, 0.1) is 5.41 Å². The Morgan fingerprint density at radius 3 is 2.74 bits per heavy atom. The lowest BCUT2D eigenvalue weighted by Crippen LogP contribution is -2.22. The molecule has 0 unspecified atom stereocenters. The molecule has 0 N–H and O–H groups in total. The molecule has 104 valence electrons. The lowest BCUT2D eigenvalue weighted by Gasteiger charge is -2.12. The second-order valence-corrected chi connectivity index (χ2v) is 8.58. The van der Waals surface area contributed by atoms with Gasteiger partial charge < -0.3 is 4.84 Å². The maximum atomic E-state index is 11.8. The fourth-order valence-corrected chi connectivity index (χ4v) is 4.48. The van der Waals surface area contributed by atoms with E-state index in [0.717, 1.165) is 0 Å². The van der Waals surface area contributed by atoms with Gasteiger partial charge >= 0.3 is 5.97 Å². The number of carbonyl (C=O) groups is 1. The SMILES string of the molecule is CC(C)(C)C(=O)O/N=c1/ccsc2c1CCS2(=O)=O. The largest absolute Gasteiger partial charge is 0.340 e. The fourth-order valence-electron chi connectivity index (χ4n) is 1.57. The Bertz CT molecular complexity index is 680. The van der Waals surface area contributed by atoms with Crippen molar-refractivity contribution in [2.24, 2.45) is 10.6 Å². The molecular weight excluding hydrogens is 286 g/mol. The Labute approximate surface area is 115 Å². The third-order valence-corrected chi connectivity index (χ3v) is 6.04. The summed E-state index contributed by atoms with van der Waals surface area (Å²) in [5.41, 5.74) is 0.00471. The van der Waals surface area contributed by atoms with Crippen LogP contribution < -0.4 is 5.36 Å². The summed E-state index contributed by atoms with van der Waals surface area (Å²) >= 11 is 1.17. The minimum atomic E-state index is -3.18. The topological polar surface area (TPSA) is 72.8 Å². The van der Waals surface area contributed by atoms with Gasteiger partial charge in [0.1, 0.15) is 9.57 Å². The van der Waals surface area contributed by atoms with Gasteiger partial charge in [0.15, 0.2) is 9.84 Å². The van der Waals surface area contributed by atoms with E-state index < -0.39 is 21.2 Å². The van der Waals surface area contributed by atoms with Crippen LogP contribution in [0.1, 0.15) is 26.3 Å². The van der Waals surface area contributed by atoms with Gasteiger partial charge in [-0.2, -0.15) is 0 Å². The first-order valence-electron chi connectivity index (χ1n) is 5.81. The molecule has 0 fully saturated rings. The van der Waals surface area contributed by atoms with Gasteiger partial charge in [-0.15, -0.1) is 11.3 Å². The first kappa shape index (κ1) is 14.2. The lowest BCUT2D eigenvalue weighted by molar-refractivity contribution is -0.153. The maximum Gasteiger partial charge on any atom is 0.340 e. The molecule has 0 amide bonds. The van der Waals surface area contributed by atoms with Crippen molar-refractivity contribution in [1.29, 1.82) is 0 Å². The third kappa shape index (κ3) is 2.87. The lowest BCUT2D eigenvalue weighted by atomic mass is 9.98. The van der Waals surface area contributed by atoms with E-state index in [4.69, 9.17) is 4.84 Å². The first-order valence-corrected chi connectivity index (χ1v) is 8.34. The highest BCUT2D eigenvalue weighted by atomic mass is 32.2. The predicted octanol–water partition coefficient (Wildman–Crippen LogP) is 1.48. The average molecular weight is 301 g/mol. The summed E-state index contributed by atoms with van der Waals surface area (Å²) in [6, 6.07) is 1.67. The minimum Gasteiger partial charge on any atom is -0.317 e. The van der Waals surface area contributed by atoms with Crippen LogP contribution in [0.15, 0.2) is 20.8 Å². The Kier molecular flexibility index (Phi) is 3.53. The zero-order valence-electron chi connectivity index (χ0n) is 11.0. The van der Waals surface area contributed by atoms with Crippen molar-refractivity contribution in [1.82, 2.24) is 0 Å². The van der Waals surface area contributed by atoms with Crippen molar-refractivity contribution in [3.05, 3.63) is 22.4 Å². The number of hydrogen-bond donors (Lipinski definition) is 0. The molecule has 0 aromatic carbocycles. The van der Waals surface area contributed by atoms with Crippen molar-refractivity contribution in [3.8, 4) is 0 Å². The number of fused-ring (bicyclic) bond motifs is 1. The molecule has 0 radical (unpaired) electrons. The van der Waals surface area contributed by atoms with Gasteiger partial charge in [0.2, 0.25) is 0 Å². The standard InChI is InChI=1S/C12H15NO4S2/c1-12(2,3)11(14)17-13-9-4-6-18-10-8(9)5-7-19(10,15)16/h4,6H,5,7H2,1-3H3/b13-9-. The van der Waals surface area contributed by atoms with Crippen LogP contribution in [-0.4, -0.2) is 20.1 Å². The van der Waals surface area contributed by atoms with E-state index in [1.165, 1.54) is 11.3 Å². The summed E-state index contributed by atoms with van der Waals surface area (Å²) in [6.07, 6.45) is 0.418. The third-order valence-electron chi connectivity index (χ3n) is 2.70. The zero-order valence-corrected chi connectivity index (χ0v) is 12.6. The molecule has 1 aromatic rings. The average Bonchev–Trinajstić information content (AvgIpc) is 2.62. The maximum absolute atomic E-state index is 11.8. The van der Waals surface area contributed by atoms with Gasteiger partial charge in [0.25, 0.3) is 0 Å². The number of rotatable bonds is 1. The summed E-state index contributed by atoms with van der Waals surface area (Å²) in [7, 11) is -3.18. The van der Waals surface area contributed by atoms with Gasteiger partial charge in [-0.05, 0) is 38.6 Å². The van der Waals surface area contributed by atoms with Gasteiger partial charge in [-0.1, -0.05) is 5.16 Å². The highest BCUT2D eigenvalue weighted by Gasteiger charge is 2.28. The van der Waals surface area contributed by atoms with Crippen LogP contribution in [0.2, 0.25) is 0 Å². The van der Waals surface area contributed by atoms with Crippen molar-refractivity contribution in [3.63, 3.8) is 0 Å². The summed E-state index contributed by atoms with van der Waals surface area (Å²) in [4.78, 5) is 16.5. The Hall–Kier alpha value is -1.21. The molecule has 0 saturated carbocycles. The Morgan fingerprint density at radius 1 is 1.42 bits per heavy atom. The molecular formula is C12H15NO4S2. The van der Waals surface area contributed by atoms with Crippen LogP contribution in [-0.2, 0) is 25.9 Å². The number of carbonyl (C=O) groups excluding carboxylic acids is 1. The second kappa shape index (κ2) is 4.72. The van der Waals surface area contributed by atoms with E-state index in [1.807, 2.05) is 0 Å². The molecule has 1 aromatic heterocycles. The van der Waals surface area contributed by atoms with E-state index >= 15 is 0 Å². The summed E-state index contributed by atoms with van der Waals surface area (Å²) in [5.74, 6) is -0.354. The minimum absolute atomic E-state index is 0.0958. The van der Waals surface area contributed by atoms with E-state index in [-0.39, 0.29) is 5.75 Å². The quantitative estimate of drug-likeness (QED) is 0.582. The van der Waals surface area contributed by atoms with Gasteiger partial charge in [0.05, 0.1) is 11.2 Å². The van der Waals surface area contributed by atoms with E-state index in [9.17, 15) is 13.2 Å². The summed E-state index contributed by atoms with van der Waals surface area (Å²) in [6.45, 7) is 5.19. The number of hydrogen-bond acceptors (Lipinski definition) is 6. The zero-order chi connectivity index (χ0) is 14.3. The van der Waals surface area contributed by atoms with E-state index in [0.29, 0.717) is 21.6 Å². The van der Waals surface area contributed by atoms with Crippen LogP contribution in [0.4, 0.5) is 0 Å². The molecule has 0 aliphatic carbocycles. The van der Waals surface area contributed by atoms with Crippen molar-refractivity contribution >= 4 is 27.1 Å². The molecule has 0 saturated heterocycles. The van der Waals surface area contributed by atoms with Gasteiger partial charge in [-0.3, -0.25) is 0 Å². The molecule has 1 aliphatic rings. The second-order valence-electron chi connectivity index (χ2n) is 5.36. The molecule has 0 bridgehead atoms. The number of sulfone groups is 1. The molecule has 19 heavy (non-hydrogen) atoms. The van der Waals surface area contributed by atoms with Gasteiger partial charge in [-0.25, -0.2) is 13.2 Å². The molecule has 2 heterocycles. The molecule has 1 aliphatic heterocycles. The highest BCUT2D eigenvalue weighted by molar-refractivity contribution is 7.93. The predicted molar refractivity (Wildman–Crippen MR) is 71.2 cm³/mol. The Balaban J connectivity index is 2.39. The molecule has 7 heteroatoms. The van der Waals surface area contributed by atoms with E-state index in [1.54, 1.807) is 32.2 Å². The van der Waals surface area contributed by atoms with E-state index in [2.05, 4.69) is 5.16 Å². The van der Waals surface area contributed by atoms with Crippen molar-refractivity contribution in [2.75, 3.05) is 5.75 Å². The molecule has 5 nitrogen and oxygen atoms in total. The van der Waals surface area contributed by atoms with Crippen LogP contribution in [0.25, 0.3) is 0 Å². The van der Waals surface area contributed by atoms with Gasteiger partial charge in [0, 0.05) is 5.56 Å². The smallest absolute Gasteiger partial charge is 0.317 e. The number of nitrogens with zero attached hydrogens (tertiary/aromatic N) is 1. The normalized spacial score (nSPS) is 18.2. The first-order chi connectivity index (χ1) is 8.72. The molecule has 0 spiro atoms. The summed E-state index contributed by atoms with van der Waals surface area (Å²) in [5, 5.41) is 5.87. The molecule has 2 rings (SSSR count). The molecule has 0 atom stereocenters. The van der Waals surface area contributed by atoms with Crippen LogP contribution in [0.3, 0.4) is 0 Å². The highest BCUT2D eigenvalue weighted by Crippen LogP contribution is 2.26. The van der Waals surface area contributed by atoms with Crippen molar-refractivity contribution < 1.29 is 18.0 Å².